The Morgan fingerprint density at radius 2 is 1.69 bits per heavy atom. The maximum absolute atomic E-state index is 13.2. The molecular weight excluding hydrogens is 493 g/mol. The molecule has 8 nitrogen and oxygen atoms in total. The van der Waals surface area contributed by atoms with Crippen LogP contribution in [-0.2, 0) is 20.6 Å². The van der Waals surface area contributed by atoms with Gasteiger partial charge in [0.25, 0.3) is 0 Å². The number of hydrogen-bond acceptors (Lipinski definition) is 5. The van der Waals surface area contributed by atoms with Crippen molar-refractivity contribution >= 4 is 35.9 Å². The van der Waals surface area contributed by atoms with E-state index in [-0.39, 0.29) is 23.9 Å². The van der Waals surface area contributed by atoms with E-state index in [1.54, 1.807) is 7.11 Å². The zero-order valence-electron chi connectivity index (χ0n) is 24.1. The van der Waals surface area contributed by atoms with Gasteiger partial charge in [-0.2, -0.15) is 0 Å². The van der Waals surface area contributed by atoms with Crippen LogP contribution in [0.3, 0.4) is 0 Å². The summed E-state index contributed by atoms with van der Waals surface area (Å²) in [5.74, 6) is 0.711. The van der Waals surface area contributed by atoms with Crippen molar-refractivity contribution in [2.24, 2.45) is 5.92 Å². The first-order valence-electron chi connectivity index (χ1n) is 13.9. The lowest BCUT2D eigenvalue weighted by Crippen LogP contribution is -2.48. The fourth-order valence-electron chi connectivity index (χ4n) is 5.80. The molecule has 1 aliphatic carbocycles. The normalized spacial score (nSPS) is 23.7. The molecule has 0 atom stereocenters. The molecule has 2 aliphatic heterocycles. The van der Waals surface area contributed by atoms with Crippen LogP contribution in [0.2, 0.25) is 0 Å². The molecule has 5 rings (SSSR count). The van der Waals surface area contributed by atoms with Gasteiger partial charge in [-0.05, 0) is 102 Å². The number of hydrogen-bond donors (Lipinski definition) is 2. The third-order valence-electron chi connectivity index (χ3n) is 9.04. The summed E-state index contributed by atoms with van der Waals surface area (Å²) in [6.07, 6.45) is 3.08. The third kappa shape index (κ3) is 5.26. The van der Waals surface area contributed by atoms with Crippen LogP contribution in [0.5, 0.6) is 5.75 Å². The lowest BCUT2D eigenvalue weighted by Gasteiger charge is -2.39. The second-order valence-corrected chi connectivity index (χ2v) is 12.2. The van der Waals surface area contributed by atoms with Crippen LogP contribution < -0.4 is 20.8 Å². The van der Waals surface area contributed by atoms with Gasteiger partial charge in [-0.15, -0.1) is 0 Å². The monoisotopic (exact) mass is 533 g/mol. The van der Waals surface area contributed by atoms with E-state index in [0.717, 1.165) is 65.0 Å². The molecule has 9 heteroatoms. The number of ether oxygens (including phenoxy) is 1. The van der Waals surface area contributed by atoms with E-state index < -0.39 is 18.3 Å². The zero-order valence-corrected chi connectivity index (χ0v) is 24.1. The summed E-state index contributed by atoms with van der Waals surface area (Å²) < 4.78 is 17.9. The van der Waals surface area contributed by atoms with Crippen molar-refractivity contribution < 1.29 is 23.6 Å². The molecule has 39 heavy (non-hydrogen) atoms. The third-order valence-corrected chi connectivity index (χ3v) is 9.04. The highest BCUT2D eigenvalue weighted by Crippen LogP contribution is 2.38. The Labute approximate surface area is 231 Å². The molecule has 3 amide bonds. The average molecular weight is 533 g/mol. The Balaban J connectivity index is 1.22. The highest BCUT2D eigenvalue weighted by Gasteiger charge is 2.52. The number of nitrogens with one attached hydrogen (secondary N) is 2. The number of fused-ring (bicyclic) bond motifs is 1. The van der Waals surface area contributed by atoms with Gasteiger partial charge in [0.1, 0.15) is 5.75 Å². The van der Waals surface area contributed by atoms with Gasteiger partial charge in [-0.25, -0.2) is 4.79 Å². The first-order chi connectivity index (χ1) is 18.4. The van der Waals surface area contributed by atoms with Gasteiger partial charge in [0, 0.05) is 29.4 Å². The predicted molar refractivity (Wildman–Crippen MR) is 154 cm³/mol. The van der Waals surface area contributed by atoms with Crippen LogP contribution in [0.25, 0.3) is 0 Å². The Morgan fingerprint density at radius 1 is 1.03 bits per heavy atom. The Bertz CT molecular complexity index is 1270. The fourth-order valence-corrected chi connectivity index (χ4v) is 5.80. The summed E-state index contributed by atoms with van der Waals surface area (Å²) in [7, 11) is 1.15. The van der Waals surface area contributed by atoms with Gasteiger partial charge in [-0.3, -0.25) is 4.79 Å². The zero-order chi connectivity index (χ0) is 28.1. The van der Waals surface area contributed by atoms with Crippen molar-refractivity contribution in [3.8, 4) is 5.75 Å². The highest BCUT2D eigenvalue weighted by atomic mass is 16.7. The van der Waals surface area contributed by atoms with Gasteiger partial charge in [0.05, 0.1) is 24.9 Å². The predicted octanol–water partition coefficient (Wildman–Crippen LogP) is 5.16. The van der Waals surface area contributed by atoms with Crippen LogP contribution in [0, 0.1) is 19.8 Å². The molecule has 208 valence electrons. The molecule has 0 unspecified atom stereocenters. The molecule has 0 aromatic heterocycles. The van der Waals surface area contributed by atoms with Gasteiger partial charge >= 0.3 is 13.1 Å². The molecule has 2 N–H and O–H groups in total. The van der Waals surface area contributed by atoms with E-state index in [0.29, 0.717) is 6.54 Å². The lowest BCUT2D eigenvalue weighted by atomic mass is 9.77. The Hall–Kier alpha value is -3.04. The summed E-state index contributed by atoms with van der Waals surface area (Å²) in [5.41, 5.74) is 4.86. The molecule has 2 aromatic rings. The summed E-state index contributed by atoms with van der Waals surface area (Å²) in [6.45, 7) is 12.8. The van der Waals surface area contributed by atoms with Gasteiger partial charge in [0.2, 0.25) is 5.91 Å². The van der Waals surface area contributed by atoms with Crippen LogP contribution in [0.4, 0.5) is 16.2 Å². The van der Waals surface area contributed by atoms with E-state index in [1.807, 2.05) is 63.8 Å². The molecule has 1 saturated carbocycles. The number of anilines is 2. The number of carbonyl (C=O) groups excluding carboxylic acids is 2. The van der Waals surface area contributed by atoms with Crippen LogP contribution >= 0.6 is 0 Å². The highest BCUT2D eigenvalue weighted by molar-refractivity contribution is 6.62. The quantitative estimate of drug-likeness (QED) is 0.519. The minimum absolute atomic E-state index is 0.0267. The molecule has 2 aromatic carbocycles. The standard InChI is InChI=1S/C30H40BN3O5/c1-18-8-11-22(16-26(18)37-7)32-27(35)20-9-12-23(13-10-20)34-17-24-19(2)14-21(15-25(24)33-28(34)36)31-38-29(3,4)30(5,6)39-31/h8,11,14-16,20,23H,9-10,12-13,17H2,1-7H3,(H,32,35)(H,33,36). The van der Waals surface area contributed by atoms with Crippen LogP contribution in [0.15, 0.2) is 30.3 Å². The first kappa shape index (κ1) is 27.5. The summed E-state index contributed by atoms with van der Waals surface area (Å²) >= 11 is 0. The number of nitrogens with zero attached hydrogens (tertiary/aromatic N) is 1. The summed E-state index contributed by atoms with van der Waals surface area (Å²) in [6, 6.07) is 9.81. The van der Waals surface area contributed by atoms with Crippen molar-refractivity contribution in [2.75, 3.05) is 17.7 Å². The summed E-state index contributed by atoms with van der Waals surface area (Å²) in [5, 5.41) is 6.16. The number of amides is 3. The fraction of sp³-hybridized carbons (Fsp3) is 0.533. The molecule has 0 bridgehead atoms. The maximum Gasteiger partial charge on any atom is 0.494 e. The number of aryl methyl sites for hydroxylation is 2. The van der Waals surface area contributed by atoms with Gasteiger partial charge in [0.15, 0.2) is 0 Å². The lowest BCUT2D eigenvalue weighted by molar-refractivity contribution is -0.121. The van der Waals surface area contributed by atoms with Crippen molar-refractivity contribution in [1.29, 1.82) is 0 Å². The molecule has 0 radical (unpaired) electrons. The molecule has 2 fully saturated rings. The smallest absolute Gasteiger partial charge is 0.494 e. The van der Waals surface area contributed by atoms with Crippen molar-refractivity contribution in [3.63, 3.8) is 0 Å². The second-order valence-electron chi connectivity index (χ2n) is 12.2. The molecule has 2 heterocycles. The van der Waals surface area contributed by atoms with Gasteiger partial charge < -0.3 is 29.6 Å². The van der Waals surface area contributed by atoms with Crippen molar-refractivity contribution in [2.45, 2.75) is 91.0 Å². The second kappa shape index (κ2) is 10.2. The topological polar surface area (TPSA) is 89.1 Å². The van der Waals surface area contributed by atoms with Crippen LogP contribution in [0.1, 0.15) is 70.1 Å². The first-order valence-corrected chi connectivity index (χ1v) is 13.9. The SMILES string of the molecule is COc1cc(NC(=O)C2CCC(N3Cc4c(C)cc(B5OC(C)(C)C(C)(C)O5)cc4NC3=O)CC2)ccc1C. The Morgan fingerprint density at radius 3 is 2.33 bits per heavy atom. The molecule has 0 spiro atoms. The number of rotatable bonds is 5. The van der Waals surface area contributed by atoms with E-state index in [9.17, 15) is 9.59 Å². The molecule has 3 aliphatic rings. The van der Waals surface area contributed by atoms with E-state index in [1.165, 1.54) is 0 Å². The minimum Gasteiger partial charge on any atom is -0.496 e. The largest absolute Gasteiger partial charge is 0.496 e. The number of urea groups is 1. The van der Waals surface area contributed by atoms with E-state index in [4.69, 9.17) is 14.0 Å². The van der Waals surface area contributed by atoms with E-state index in [2.05, 4.69) is 23.6 Å². The maximum atomic E-state index is 13.2. The number of benzene rings is 2. The van der Waals surface area contributed by atoms with E-state index >= 15 is 0 Å². The summed E-state index contributed by atoms with van der Waals surface area (Å²) in [4.78, 5) is 28.1. The minimum atomic E-state index is -0.476. The molecular formula is C30H40BN3O5. The number of carbonyl (C=O) groups is 2. The van der Waals surface area contributed by atoms with Crippen molar-refractivity contribution in [1.82, 2.24) is 4.90 Å². The van der Waals surface area contributed by atoms with Crippen LogP contribution in [-0.4, -0.2) is 48.3 Å². The number of methoxy groups -OCH3 is 1. The van der Waals surface area contributed by atoms with Crippen molar-refractivity contribution in [3.05, 3.63) is 47.0 Å². The van der Waals surface area contributed by atoms with Gasteiger partial charge in [-0.1, -0.05) is 12.1 Å². The molecule has 1 saturated heterocycles. The average Bonchev–Trinajstić information content (AvgIpc) is 3.11. The Kier molecular flexibility index (Phi) is 7.18.